The first-order chi connectivity index (χ1) is 11.6. The Morgan fingerprint density at radius 1 is 1.29 bits per heavy atom. The van der Waals surface area contributed by atoms with Gasteiger partial charge in [-0.1, -0.05) is 12.8 Å². The highest BCUT2D eigenvalue weighted by Gasteiger charge is 2.34. The van der Waals surface area contributed by atoms with E-state index in [0.29, 0.717) is 24.4 Å². The molecule has 1 saturated carbocycles. The number of benzene rings is 1. The summed E-state index contributed by atoms with van der Waals surface area (Å²) in [6, 6.07) is 7.33. The number of aromatic nitrogens is 1. The number of carbonyl (C=O) groups is 1. The van der Waals surface area contributed by atoms with E-state index in [1.54, 1.807) is 7.11 Å². The minimum absolute atomic E-state index is 0.0363. The molecule has 3 rings (SSSR count). The molecule has 128 valence electrons. The van der Waals surface area contributed by atoms with Gasteiger partial charge in [0.1, 0.15) is 24.3 Å². The van der Waals surface area contributed by atoms with Gasteiger partial charge >= 0.3 is 5.97 Å². The first-order valence-corrected chi connectivity index (χ1v) is 8.05. The second-order valence-electron chi connectivity index (χ2n) is 6.14. The number of oxazole rings is 1. The summed E-state index contributed by atoms with van der Waals surface area (Å²) in [6.07, 6.45) is 4.74. The number of ether oxygens (including phenoxy) is 2. The number of carbonyl (C=O) groups excluding carboxylic acids is 1. The molecule has 1 aromatic heterocycles. The van der Waals surface area contributed by atoms with Gasteiger partial charge in [-0.2, -0.15) is 0 Å². The van der Waals surface area contributed by atoms with Crippen LogP contribution in [0.25, 0.3) is 11.5 Å². The fourth-order valence-electron chi connectivity index (χ4n) is 2.92. The van der Waals surface area contributed by atoms with E-state index in [1.165, 1.54) is 6.26 Å². The van der Waals surface area contributed by atoms with Crippen molar-refractivity contribution in [1.29, 1.82) is 0 Å². The van der Waals surface area contributed by atoms with E-state index in [-0.39, 0.29) is 13.0 Å². The first-order valence-electron chi connectivity index (χ1n) is 8.05. The van der Waals surface area contributed by atoms with Gasteiger partial charge in [0.25, 0.3) is 0 Å². The monoisotopic (exact) mass is 331 g/mol. The van der Waals surface area contributed by atoms with Gasteiger partial charge in [-0.3, -0.25) is 4.79 Å². The Kier molecular flexibility index (Phi) is 4.85. The Hall–Kier alpha value is -2.34. The molecule has 0 amide bonds. The lowest BCUT2D eigenvalue weighted by molar-refractivity contribution is -0.150. The Bertz CT molecular complexity index is 686. The summed E-state index contributed by atoms with van der Waals surface area (Å²) in [7, 11) is 1.61. The highest BCUT2D eigenvalue weighted by atomic mass is 16.5. The molecule has 1 aromatic carbocycles. The van der Waals surface area contributed by atoms with Crippen LogP contribution in [0, 0.1) is 0 Å². The molecule has 0 spiro atoms. The summed E-state index contributed by atoms with van der Waals surface area (Å²) >= 11 is 0. The third-order valence-electron chi connectivity index (χ3n) is 4.28. The van der Waals surface area contributed by atoms with Gasteiger partial charge in [-0.05, 0) is 37.1 Å². The van der Waals surface area contributed by atoms with E-state index in [1.807, 2.05) is 24.3 Å². The molecule has 24 heavy (non-hydrogen) atoms. The average Bonchev–Trinajstić information content (AvgIpc) is 3.22. The summed E-state index contributed by atoms with van der Waals surface area (Å²) in [5.74, 6) is 0.802. The summed E-state index contributed by atoms with van der Waals surface area (Å²) in [5, 5.41) is 10.2. The van der Waals surface area contributed by atoms with E-state index in [4.69, 9.17) is 13.9 Å². The highest BCUT2D eigenvalue weighted by Crippen LogP contribution is 2.32. The maximum Gasteiger partial charge on any atom is 0.309 e. The standard InChI is InChI=1S/C18H21NO5/c1-22-15-6-4-13(5-7-15)17-19-14(12-24-17)11-23-16(20)10-18(21)8-2-3-9-18/h4-7,12,21H,2-3,8-11H2,1H3. The fourth-order valence-corrected chi connectivity index (χ4v) is 2.92. The normalized spacial score (nSPS) is 16.1. The Balaban J connectivity index is 1.54. The summed E-state index contributed by atoms with van der Waals surface area (Å²) in [4.78, 5) is 16.2. The first kappa shape index (κ1) is 16.5. The van der Waals surface area contributed by atoms with Crippen molar-refractivity contribution < 1.29 is 23.8 Å². The van der Waals surface area contributed by atoms with Crippen LogP contribution in [0.4, 0.5) is 0 Å². The molecule has 0 radical (unpaired) electrons. The van der Waals surface area contributed by atoms with Crippen molar-refractivity contribution in [3.05, 3.63) is 36.2 Å². The lowest BCUT2D eigenvalue weighted by Crippen LogP contribution is -2.28. The van der Waals surface area contributed by atoms with Gasteiger partial charge in [-0.15, -0.1) is 0 Å². The van der Waals surface area contributed by atoms with Gasteiger partial charge in [-0.25, -0.2) is 4.98 Å². The molecule has 0 atom stereocenters. The zero-order valence-corrected chi connectivity index (χ0v) is 13.7. The minimum atomic E-state index is -0.894. The molecule has 0 unspecified atom stereocenters. The zero-order valence-electron chi connectivity index (χ0n) is 13.7. The summed E-state index contributed by atoms with van der Waals surface area (Å²) < 4.78 is 15.7. The Labute approximate surface area is 140 Å². The molecular formula is C18H21NO5. The number of hydrogen-bond acceptors (Lipinski definition) is 6. The van der Waals surface area contributed by atoms with Crippen LogP contribution in [0.5, 0.6) is 5.75 Å². The van der Waals surface area contributed by atoms with Crippen LogP contribution in [0.3, 0.4) is 0 Å². The molecule has 1 aliphatic rings. The van der Waals surface area contributed by atoms with Crippen molar-refractivity contribution in [2.75, 3.05) is 7.11 Å². The summed E-state index contributed by atoms with van der Waals surface area (Å²) in [6.45, 7) is 0.0363. The third kappa shape index (κ3) is 3.94. The molecule has 6 heteroatoms. The predicted octanol–water partition coefficient (Wildman–Crippen LogP) is 3.09. The summed E-state index contributed by atoms with van der Waals surface area (Å²) in [5.41, 5.74) is 0.455. The van der Waals surface area contributed by atoms with Crippen molar-refractivity contribution >= 4 is 5.97 Å². The van der Waals surface area contributed by atoms with Gasteiger partial charge in [0.15, 0.2) is 0 Å². The Morgan fingerprint density at radius 2 is 2.00 bits per heavy atom. The van der Waals surface area contributed by atoms with Gasteiger partial charge < -0.3 is 19.0 Å². The molecule has 0 saturated heterocycles. The van der Waals surface area contributed by atoms with E-state index < -0.39 is 11.6 Å². The number of methoxy groups -OCH3 is 1. The molecule has 1 aliphatic carbocycles. The number of rotatable bonds is 6. The van der Waals surface area contributed by atoms with Crippen LogP contribution >= 0.6 is 0 Å². The van der Waals surface area contributed by atoms with E-state index in [9.17, 15) is 9.90 Å². The molecule has 2 aromatic rings. The lowest BCUT2D eigenvalue weighted by atomic mass is 9.98. The van der Waals surface area contributed by atoms with Gasteiger partial charge in [0.05, 0.1) is 19.1 Å². The fraction of sp³-hybridized carbons (Fsp3) is 0.444. The average molecular weight is 331 g/mol. The van der Waals surface area contributed by atoms with Crippen LogP contribution in [0.15, 0.2) is 34.9 Å². The maximum absolute atomic E-state index is 11.9. The highest BCUT2D eigenvalue weighted by molar-refractivity contribution is 5.70. The van der Waals surface area contributed by atoms with Crippen LogP contribution in [0.1, 0.15) is 37.8 Å². The smallest absolute Gasteiger partial charge is 0.309 e. The molecule has 1 fully saturated rings. The van der Waals surface area contributed by atoms with E-state index in [2.05, 4.69) is 4.98 Å². The zero-order chi connectivity index (χ0) is 17.0. The van der Waals surface area contributed by atoms with E-state index in [0.717, 1.165) is 24.2 Å². The van der Waals surface area contributed by atoms with Gasteiger partial charge in [0, 0.05) is 5.56 Å². The SMILES string of the molecule is COc1ccc(-c2nc(COC(=O)CC3(O)CCCC3)co2)cc1. The molecule has 0 aliphatic heterocycles. The number of aliphatic hydroxyl groups is 1. The van der Waals surface area contributed by atoms with Crippen molar-refractivity contribution in [2.45, 2.75) is 44.3 Å². The van der Waals surface area contributed by atoms with Crippen LogP contribution in [0.2, 0.25) is 0 Å². The number of hydrogen-bond donors (Lipinski definition) is 1. The van der Waals surface area contributed by atoms with Crippen molar-refractivity contribution in [3.8, 4) is 17.2 Å². The molecule has 1 N–H and O–H groups in total. The Morgan fingerprint density at radius 3 is 2.67 bits per heavy atom. The largest absolute Gasteiger partial charge is 0.497 e. The molecular weight excluding hydrogens is 310 g/mol. The number of nitrogens with zero attached hydrogens (tertiary/aromatic N) is 1. The van der Waals surface area contributed by atoms with Gasteiger partial charge in [0.2, 0.25) is 5.89 Å². The van der Waals surface area contributed by atoms with Crippen LogP contribution in [-0.2, 0) is 16.1 Å². The van der Waals surface area contributed by atoms with Crippen LogP contribution < -0.4 is 4.74 Å². The minimum Gasteiger partial charge on any atom is -0.497 e. The van der Waals surface area contributed by atoms with E-state index >= 15 is 0 Å². The second kappa shape index (κ2) is 7.05. The molecule has 0 bridgehead atoms. The van der Waals surface area contributed by atoms with Crippen molar-refractivity contribution in [1.82, 2.24) is 4.98 Å². The lowest BCUT2D eigenvalue weighted by Gasteiger charge is -2.20. The second-order valence-corrected chi connectivity index (χ2v) is 6.14. The van der Waals surface area contributed by atoms with Crippen LogP contribution in [-0.4, -0.2) is 28.8 Å². The predicted molar refractivity (Wildman–Crippen MR) is 86.3 cm³/mol. The third-order valence-corrected chi connectivity index (χ3v) is 4.28. The molecule has 1 heterocycles. The van der Waals surface area contributed by atoms with Crippen molar-refractivity contribution in [3.63, 3.8) is 0 Å². The van der Waals surface area contributed by atoms with Crippen molar-refractivity contribution in [2.24, 2.45) is 0 Å². The number of esters is 1. The molecule has 6 nitrogen and oxygen atoms in total. The maximum atomic E-state index is 11.9. The topological polar surface area (TPSA) is 81.8 Å². The quantitative estimate of drug-likeness (QED) is 0.819.